The molecule has 1 unspecified atom stereocenters. The van der Waals surface area contributed by atoms with Crippen LogP contribution in [0.15, 0.2) is 94.7 Å². The van der Waals surface area contributed by atoms with Gasteiger partial charge in [0.15, 0.2) is 0 Å². The molecule has 0 aliphatic heterocycles. The van der Waals surface area contributed by atoms with Crippen molar-refractivity contribution in [1.82, 2.24) is 0 Å². The van der Waals surface area contributed by atoms with E-state index in [4.69, 9.17) is 9.47 Å². The highest BCUT2D eigenvalue weighted by atomic mass is 33.1. The Morgan fingerprint density at radius 3 is 1.63 bits per heavy atom. The van der Waals surface area contributed by atoms with Crippen LogP contribution in [0.25, 0.3) is 0 Å². The minimum Gasteiger partial charge on any atom is -0.445 e. The van der Waals surface area contributed by atoms with E-state index in [9.17, 15) is 19.2 Å². The average Bonchev–Trinajstić information content (AvgIpc) is 3.06. The lowest BCUT2D eigenvalue weighted by molar-refractivity contribution is -0.114. The van der Waals surface area contributed by atoms with Crippen molar-refractivity contribution < 1.29 is 28.7 Å². The van der Waals surface area contributed by atoms with Crippen LogP contribution >= 0.6 is 21.6 Å². The summed E-state index contributed by atoms with van der Waals surface area (Å²) < 4.78 is 10.6. The molecule has 0 saturated carbocycles. The maximum absolute atomic E-state index is 12.7. The van der Waals surface area contributed by atoms with Gasteiger partial charge in [0.05, 0.1) is 0 Å². The van der Waals surface area contributed by atoms with Gasteiger partial charge in [-0.3, -0.25) is 15.4 Å². The summed E-state index contributed by atoms with van der Waals surface area (Å²) >= 11 is 0. The normalized spacial score (nSPS) is 11.0. The highest BCUT2D eigenvalue weighted by Crippen LogP contribution is 2.38. The van der Waals surface area contributed by atoms with Gasteiger partial charge in [0.25, 0.3) is 0 Å². The Balaban J connectivity index is 1.21. The molecular formula is C35H38N6O6S2. The fraction of sp³-hybridized carbons (Fsp3) is 0.200. The molecule has 4 aromatic rings. The van der Waals surface area contributed by atoms with Gasteiger partial charge in [-0.25, -0.2) is 14.4 Å². The minimum absolute atomic E-state index is 0.205. The van der Waals surface area contributed by atoms with Crippen LogP contribution in [0.2, 0.25) is 0 Å². The number of rotatable bonds is 12. The minimum atomic E-state index is -0.760. The van der Waals surface area contributed by atoms with Gasteiger partial charge in [-0.15, -0.1) is 0 Å². The van der Waals surface area contributed by atoms with Gasteiger partial charge in [0.2, 0.25) is 5.91 Å². The molecule has 0 bridgehead atoms. The standard InChI is InChI=1S/C35H38N6O6S2/c1-21-7-9-28(39-33(43)38-26-12-16-30(17-13-26)49-48-29-14-10-25(36-5)11-15-29)19-31(21)40-34(44)46-20-23(3)47-35(45)41-32-18-27(37-24(4)42)8-6-22(32)2/h6-19,23,36H,20H2,1-5H3,(H,37,42)(H,40,44)(H,41,45)(H2,38,39,43). The van der Waals surface area contributed by atoms with Crippen LogP contribution in [-0.4, -0.2) is 43.9 Å². The highest BCUT2D eigenvalue weighted by Gasteiger charge is 2.15. The van der Waals surface area contributed by atoms with Gasteiger partial charge in [-0.1, -0.05) is 33.7 Å². The van der Waals surface area contributed by atoms with Gasteiger partial charge in [-0.05, 0) is 105 Å². The maximum atomic E-state index is 12.7. The lowest BCUT2D eigenvalue weighted by Crippen LogP contribution is -2.27. The van der Waals surface area contributed by atoms with E-state index in [2.05, 4.69) is 44.0 Å². The summed E-state index contributed by atoms with van der Waals surface area (Å²) in [5.41, 5.74) is 5.07. The summed E-state index contributed by atoms with van der Waals surface area (Å²) in [6.07, 6.45) is -2.26. The number of hydrogen-bond donors (Lipinski definition) is 6. The summed E-state index contributed by atoms with van der Waals surface area (Å²) in [6.45, 7) is 6.36. The van der Waals surface area contributed by atoms with Gasteiger partial charge in [-0.2, -0.15) is 0 Å². The molecule has 0 aliphatic rings. The van der Waals surface area contributed by atoms with Crippen LogP contribution in [0.1, 0.15) is 25.0 Å². The van der Waals surface area contributed by atoms with E-state index >= 15 is 0 Å². The van der Waals surface area contributed by atoms with Crippen LogP contribution < -0.4 is 31.9 Å². The van der Waals surface area contributed by atoms with Crippen LogP contribution in [0, 0.1) is 13.8 Å². The number of benzene rings is 4. The fourth-order valence-electron chi connectivity index (χ4n) is 4.23. The number of anilines is 6. The number of aryl methyl sites for hydroxylation is 2. The predicted molar refractivity (Wildman–Crippen MR) is 198 cm³/mol. The van der Waals surface area contributed by atoms with Crippen LogP contribution in [0.3, 0.4) is 0 Å². The molecule has 0 fully saturated rings. The number of hydrogen-bond acceptors (Lipinski definition) is 9. The zero-order valence-corrected chi connectivity index (χ0v) is 29.3. The van der Waals surface area contributed by atoms with Crippen molar-refractivity contribution in [2.24, 2.45) is 0 Å². The van der Waals surface area contributed by atoms with E-state index in [-0.39, 0.29) is 12.5 Å². The quantitative estimate of drug-likeness (QED) is 0.0793. The Morgan fingerprint density at radius 1 is 0.633 bits per heavy atom. The van der Waals surface area contributed by atoms with Crippen molar-refractivity contribution in [1.29, 1.82) is 0 Å². The molecule has 0 radical (unpaired) electrons. The molecule has 4 aromatic carbocycles. The largest absolute Gasteiger partial charge is 0.445 e. The average molecular weight is 703 g/mol. The maximum Gasteiger partial charge on any atom is 0.412 e. The molecule has 1 atom stereocenters. The van der Waals surface area contributed by atoms with E-state index in [1.54, 1.807) is 78.8 Å². The van der Waals surface area contributed by atoms with Crippen molar-refractivity contribution in [2.75, 3.05) is 45.6 Å². The number of carbonyl (C=O) groups is 4. The number of carbonyl (C=O) groups excluding carboxylic acids is 4. The lowest BCUT2D eigenvalue weighted by Gasteiger charge is -2.16. The number of amides is 5. The topological polar surface area (TPSA) is 159 Å². The second kappa shape index (κ2) is 17.7. The van der Waals surface area contributed by atoms with Crippen LogP contribution in [-0.2, 0) is 14.3 Å². The van der Waals surface area contributed by atoms with Crippen LogP contribution in [0.4, 0.5) is 48.5 Å². The molecule has 12 nitrogen and oxygen atoms in total. The number of urea groups is 1. The van der Waals surface area contributed by atoms with E-state index in [1.165, 1.54) is 6.92 Å². The molecule has 5 amide bonds. The molecule has 0 aromatic heterocycles. The van der Waals surface area contributed by atoms with E-state index < -0.39 is 24.3 Å². The molecule has 0 heterocycles. The number of ether oxygens (including phenoxy) is 2. The summed E-state index contributed by atoms with van der Waals surface area (Å²) in [6, 6.07) is 25.4. The lowest BCUT2D eigenvalue weighted by atomic mass is 10.2. The van der Waals surface area contributed by atoms with Gasteiger partial charge in [0, 0.05) is 57.9 Å². The zero-order chi connectivity index (χ0) is 35.3. The van der Waals surface area contributed by atoms with Crippen molar-refractivity contribution in [3.63, 3.8) is 0 Å². The Bertz CT molecular complexity index is 1790. The molecule has 256 valence electrons. The molecular weight excluding hydrogens is 665 g/mol. The molecule has 49 heavy (non-hydrogen) atoms. The SMILES string of the molecule is CNc1ccc(SSc2ccc(NC(=O)Nc3ccc(C)c(NC(=O)OCC(C)OC(=O)Nc4cc(NC(C)=O)ccc4C)c3)cc2)cc1. The van der Waals surface area contributed by atoms with Crippen molar-refractivity contribution in [3.8, 4) is 0 Å². The number of nitrogens with one attached hydrogen (secondary N) is 6. The second-order valence-corrected chi connectivity index (χ2v) is 13.1. The fourth-order valence-corrected chi connectivity index (χ4v) is 6.16. The van der Waals surface area contributed by atoms with E-state index in [0.29, 0.717) is 28.4 Å². The third-order valence-electron chi connectivity index (χ3n) is 6.77. The van der Waals surface area contributed by atoms with E-state index in [0.717, 1.165) is 26.6 Å². The van der Waals surface area contributed by atoms with Crippen LogP contribution in [0.5, 0.6) is 0 Å². The Labute approximate surface area is 292 Å². The van der Waals surface area contributed by atoms with Crippen molar-refractivity contribution in [2.45, 2.75) is 43.6 Å². The second-order valence-electron chi connectivity index (χ2n) is 10.8. The first-order valence-corrected chi connectivity index (χ1v) is 17.3. The summed E-state index contributed by atoms with van der Waals surface area (Å²) in [7, 11) is 5.15. The third-order valence-corrected chi connectivity index (χ3v) is 9.19. The first kappa shape index (κ1) is 36.5. The first-order chi connectivity index (χ1) is 23.5. The molecule has 14 heteroatoms. The van der Waals surface area contributed by atoms with Gasteiger partial charge in [0.1, 0.15) is 12.7 Å². The Morgan fingerprint density at radius 2 is 1.10 bits per heavy atom. The Kier molecular flexibility index (Phi) is 13.2. The molecule has 0 spiro atoms. The predicted octanol–water partition coefficient (Wildman–Crippen LogP) is 8.93. The first-order valence-electron chi connectivity index (χ1n) is 15.2. The Hall–Kier alpha value is -5.34. The smallest absolute Gasteiger partial charge is 0.412 e. The monoisotopic (exact) mass is 702 g/mol. The zero-order valence-electron chi connectivity index (χ0n) is 27.6. The molecule has 0 aliphatic carbocycles. The molecule has 6 N–H and O–H groups in total. The third kappa shape index (κ3) is 12.0. The molecule has 4 rings (SSSR count). The summed E-state index contributed by atoms with van der Waals surface area (Å²) in [5, 5.41) is 16.6. The summed E-state index contributed by atoms with van der Waals surface area (Å²) in [4.78, 5) is 51.2. The summed E-state index contributed by atoms with van der Waals surface area (Å²) in [5.74, 6) is -0.236. The van der Waals surface area contributed by atoms with Gasteiger partial charge >= 0.3 is 18.2 Å². The van der Waals surface area contributed by atoms with Gasteiger partial charge < -0.3 is 30.7 Å². The highest BCUT2D eigenvalue weighted by molar-refractivity contribution is 8.76. The van der Waals surface area contributed by atoms with Crippen molar-refractivity contribution in [3.05, 3.63) is 96.1 Å². The van der Waals surface area contributed by atoms with E-state index in [1.807, 2.05) is 43.4 Å². The molecule has 0 saturated heterocycles. The van der Waals surface area contributed by atoms with Crippen molar-refractivity contribution >= 4 is 79.8 Å².